The van der Waals surface area contributed by atoms with Crippen LogP contribution in [0, 0.1) is 12.7 Å². The first-order chi connectivity index (χ1) is 7.59. The molecule has 2 aromatic rings. The minimum absolute atomic E-state index is 0.289. The van der Waals surface area contributed by atoms with Crippen molar-refractivity contribution in [1.29, 1.82) is 0 Å². The second-order valence-electron chi connectivity index (χ2n) is 3.64. The molecule has 2 N–H and O–H groups in total. The van der Waals surface area contributed by atoms with Crippen molar-refractivity contribution in [3.05, 3.63) is 56.5 Å². The maximum absolute atomic E-state index is 13.6. The number of nitrogens with two attached hydrogens (primary N) is 1. The Morgan fingerprint density at radius 1 is 1.38 bits per heavy atom. The van der Waals surface area contributed by atoms with E-state index in [1.807, 2.05) is 12.3 Å². The fourth-order valence-electron chi connectivity index (χ4n) is 1.57. The van der Waals surface area contributed by atoms with Crippen LogP contribution in [-0.2, 0) is 0 Å². The van der Waals surface area contributed by atoms with Gasteiger partial charge in [-0.05, 0) is 24.4 Å². The third-order valence-corrected chi connectivity index (χ3v) is 3.86. The predicted octanol–water partition coefficient (Wildman–Crippen LogP) is 3.90. The molecule has 0 radical (unpaired) electrons. The Labute approximate surface area is 103 Å². The average molecular weight is 256 g/mol. The van der Waals surface area contributed by atoms with E-state index < -0.39 is 6.04 Å². The lowest BCUT2D eigenvalue weighted by Crippen LogP contribution is -2.12. The van der Waals surface area contributed by atoms with Gasteiger partial charge in [-0.2, -0.15) is 0 Å². The first-order valence-electron chi connectivity index (χ1n) is 4.84. The lowest BCUT2D eigenvalue weighted by molar-refractivity contribution is 0.600. The fourth-order valence-corrected chi connectivity index (χ4v) is 2.76. The van der Waals surface area contributed by atoms with Crippen LogP contribution in [0.4, 0.5) is 4.39 Å². The van der Waals surface area contributed by atoms with Crippen LogP contribution in [0.5, 0.6) is 0 Å². The molecule has 0 aliphatic carbocycles. The molecular weight excluding hydrogens is 245 g/mol. The summed E-state index contributed by atoms with van der Waals surface area (Å²) in [6.45, 7) is 1.91. The van der Waals surface area contributed by atoms with E-state index in [1.165, 1.54) is 17.4 Å². The molecule has 0 spiro atoms. The molecule has 1 heterocycles. The number of halogens is 2. The van der Waals surface area contributed by atoms with Crippen molar-refractivity contribution in [2.75, 3.05) is 0 Å². The number of benzene rings is 1. The normalized spacial score (nSPS) is 12.8. The van der Waals surface area contributed by atoms with Gasteiger partial charge in [0.25, 0.3) is 0 Å². The Balaban J connectivity index is 2.45. The van der Waals surface area contributed by atoms with Crippen molar-refractivity contribution < 1.29 is 4.39 Å². The average Bonchev–Trinajstić information content (AvgIpc) is 2.67. The quantitative estimate of drug-likeness (QED) is 0.866. The van der Waals surface area contributed by atoms with E-state index in [1.54, 1.807) is 18.2 Å². The molecule has 84 valence electrons. The topological polar surface area (TPSA) is 26.0 Å². The maximum atomic E-state index is 13.6. The van der Waals surface area contributed by atoms with E-state index in [4.69, 9.17) is 17.3 Å². The molecule has 16 heavy (non-hydrogen) atoms. The van der Waals surface area contributed by atoms with Gasteiger partial charge >= 0.3 is 0 Å². The van der Waals surface area contributed by atoms with E-state index in [0.29, 0.717) is 10.6 Å². The van der Waals surface area contributed by atoms with Gasteiger partial charge in [-0.25, -0.2) is 4.39 Å². The molecule has 0 aliphatic heterocycles. The van der Waals surface area contributed by atoms with Gasteiger partial charge in [-0.15, -0.1) is 11.3 Å². The fraction of sp³-hybridized carbons (Fsp3) is 0.167. The van der Waals surface area contributed by atoms with Crippen LogP contribution < -0.4 is 5.73 Å². The van der Waals surface area contributed by atoms with Crippen LogP contribution in [0.1, 0.15) is 22.0 Å². The SMILES string of the molecule is Cc1ccc(F)c(C(N)c2sccc2Cl)c1. The highest BCUT2D eigenvalue weighted by Crippen LogP contribution is 2.32. The Bertz CT molecular complexity index is 509. The van der Waals surface area contributed by atoms with E-state index >= 15 is 0 Å². The van der Waals surface area contributed by atoms with E-state index in [-0.39, 0.29) is 5.82 Å². The summed E-state index contributed by atoms with van der Waals surface area (Å²) in [5.74, 6) is -0.289. The zero-order chi connectivity index (χ0) is 11.7. The molecule has 0 amide bonds. The molecule has 0 fully saturated rings. The number of thiophene rings is 1. The summed E-state index contributed by atoms with van der Waals surface area (Å²) in [7, 11) is 0. The molecule has 4 heteroatoms. The highest BCUT2D eigenvalue weighted by atomic mass is 35.5. The molecule has 0 saturated heterocycles. The monoisotopic (exact) mass is 255 g/mol. The number of hydrogen-bond acceptors (Lipinski definition) is 2. The van der Waals surface area contributed by atoms with Crippen molar-refractivity contribution >= 4 is 22.9 Å². The summed E-state index contributed by atoms with van der Waals surface area (Å²) in [4.78, 5) is 0.797. The molecule has 1 atom stereocenters. The van der Waals surface area contributed by atoms with Gasteiger partial charge in [0.2, 0.25) is 0 Å². The second kappa shape index (κ2) is 4.53. The van der Waals surface area contributed by atoms with Crippen LogP contribution >= 0.6 is 22.9 Å². The van der Waals surface area contributed by atoms with Crippen molar-refractivity contribution in [2.45, 2.75) is 13.0 Å². The smallest absolute Gasteiger partial charge is 0.128 e. The van der Waals surface area contributed by atoms with Gasteiger partial charge in [0.05, 0.1) is 11.1 Å². The lowest BCUT2D eigenvalue weighted by Gasteiger charge is -2.12. The molecule has 2 rings (SSSR count). The van der Waals surface area contributed by atoms with Crippen LogP contribution in [-0.4, -0.2) is 0 Å². The van der Waals surface area contributed by atoms with E-state index in [2.05, 4.69) is 0 Å². The largest absolute Gasteiger partial charge is 0.319 e. The number of aryl methyl sites for hydroxylation is 1. The Kier molecular flexibility index (Phi) is 3.28. The molecule has 1 unspecified atom stereocenters. The summed E-state index contributed by atoms with van der Waals surface area (Å²) < 4.78 is 13.6. The van der Waals surface area contributed by atoms with Crippen LogP contribution in [0.3, 0.4) is 0 Å². The van der Waals surface area contributed by atoms with Crippen LogP contribution in [0.25, 0.3) is 0 Å². The highest BCUT2D eigenvalue weighted by Gasteiger charge is 2.17. The molecule has 1 aromatic carbocycles. The second-order valence-corrected chi connectivity index (χ2v) is 4.99. The first-order valence-corrected chi connectivity index (χ1v) is 6.10. The predicted molar refractivity (Wildman–Crippen MR) is 66.5 cm³/mol. The summed E-state index contributed by atoms with van der Waals surface area (Å²) in [5.41, 5.74) is 7.49. The van der Waals surface area contributed by atoms with Crippen molar-refractivity contribution in [2.24, 2.45) is 5.73 Å². The van der Waals surface area contributed by atoms with Crippen molar-refractivity contribution in [3.63, 3.8) is 0 Å². The molecule has 0 saturated carbocycles. The first kappa shape index (κ1) is 11.6. The molecule has 1 nitrogen and oxygen atoms in total. The van der Waals surface area contributed by atoms with E-state index in [0.717, 1.165) is 10.4 Å². The van der Waals surface area contributed by atoms with Crippen molar-refractivity contribution in [1.82, 2.24) is 0 Å². The maximum Gasteiger partial charge on any atom is 0.128 e. The minimum Gasteiger partial charge on any atom is -0.319 e. The summed E-state index contributed by atoms with van der Waals surface area (Å²) >= 11 is 7.43. The highest BCUT2D eigenvalue weighted by molar-refractivity contribution is 7.10. The Morgan fingerprint density at radius 2 is 2.12 bits per heavy atom. The third kappa shape index (κ3) is 2.12. The van der Waals surface area contributed by atoms with Gasteiger partial charge in [0, 0.05) is 10.4 Å². The zero-order valence-corrected chi connectivity index (χ0v) is 10.3. The standard InChI is InChI=1S/C12H11ClFNS/c1-7-2-3-10(14)8(6-7)11(15)12-9(13)4-5-16-12/h2-6,11H,15H2,1H3. The Hall–Kier alpha value is -0.900. The molecule has 1 aromatic heterocycles. The Morgan fingerprint density at radius 3 is 2.75 bits per heavy atom. The molecular formula is C12H11ClFNS. The molecule has 0 bridgehead atoms. The lowest BCUT2D eigenvalue weighted by atomic mass is 10.0. The zero-order valence-electron chi connectivity index (χ0n) is 8.71. The van der Waals surface area contributed by atoms with Gasteiger partial charge < -0.3 is 5.73 Å². The molecule has 0 aliphatic rings. The van der Waals surface area contributed by atoms with Crippen molar-refractivity contribution in [3.8, 4) is 0 Å². The third-order valence-electron chi connectivity index (χ3n) is 2.41. The summed E-state index contributed by atoms with van der Waals surface area (Å²) in [6.07, 6.45) is 0. The summed E-state index contributed by atoms with van der Waals surface area (Å²) in [5, 5.41) is 2.45. The van der Waals surface area contributed by atoms with Gasteiger partial charge in [0.15, 0.2) is 0 Å². The number of hydrogen-bond donors (Lipinski definition) is 1. The van der Waals surface area contributed by atoms with Gasteiger partial charge in [-0.1, -0.05) is 29.3 Å². The summed E-state index contributed by atoms with van der Waals surface area (Å²) in [6, 6.07) is 6.20. The minimum atomic E-state index is -0.493. The van der Waals surface area contributed by atoms with E-state index in [9.17, 15) is 4.39 Å². The van der Waals surface area contributed by atoms with Crippen LogP contribution in [0.2, 0.25) is 5.02 Å². The van der Waals surface area contributed by atoms with Gasteiger partial charge in [0.1, 0.15) is 5.82 Å². The number of rotatable bonds is 2. The van der Waals surface area contributed by atoms with Gasteiger partial charge in [-0.3, -0.25) is 0 Å². The van der Waals surface area contributed by atoms with Crippen LogP contribution in [0.15, 0.2) is 29.6 Å².